The van der Waals surface area contributed by atoms with Crippen LogP contribution >= 0.6 is 11.6 Å². The van der Waals surface area contributed by atoms with E-state index < -0.39 is 22.7 Å². The molecule has 8 heteroatoms. The maximum Gasteiger partial charge on any atom is 0.312 e. The molecule has 22 heavy (non-hydrogen) atoms. The van der Waals surface area contributed by atoms with Crippen LogP contribution in [0.4, 0.5) is 14.5 Å². The summed E-state index contributed by atoms with van der Waals surface area (Å²) in [5.74, 6) is -2.23. The number of rotatable bonds is 5. The van der Waals surface area contributed by atoms with E-state index in [1.165, 1.54) is 18.2 Å². The van der Waals surface area contributed by atoms with Crippen LogP contribution in [-0.4, -0.2) is 16.6 Å². The highest BCUT2D eigenvalue weighted by Crippen LogP contribution is 2.30. The summed E-state index contributed by atoms with van der Waals surface area (Å²) in [6.45, 7) is -0.368. The molecule has 0 radical (unpaired) electrons. The number of aliphatic hydroxyl groups excluding tert-OH is 1. The van der Waals surface area contributed by atoms with Crippen molar-refractivity contribution in [1.29, 1.82) is 0 Å². The molecule has 1 atom stereocenters. The van der Waals surface area contributed by atoms with Crippen LogP contribution < -0.4 is 4.74 Å². The first-order chi connectivity index (χ1) is 10.4. The Morgan fingerprint density at radius 3 is 2.59 bits per heavy atom. The molecule has 2 rings (SSSR count). The molecule has 116 valence electrons. The number of hydrogen-bond donors (Lipinski definition) is 1. The van der Waals surface area contributed by atoms with Crippen molar-refractivity contribution >= 4 is 17.3 Å². The second-order valence-corrected chi connectivity index (χ2v) is 4.81. The highest BCUT2D eigenvalue weighted by molar-refractivity contribution is 6.30. The molecule has 0 bridgehead atoms. The third-order valence-electron chi connectivity index (χ3n) is 2.84. The fourth-order valence-electron chi connectivity index (χ4n) is 1.74. The van der Waals surface area contributed by atoms with E-state index in [9.17, 15) is 24.0 Å². The Hall–Kier alpha value is -2.25. The Labute approximate surface area is 128 Å². The number of benzene rings is 2. The summed E-state index contributed by atoms with van der Waals surface area (Å²) in [5.41, 5.74) is -0.263. The monoisotopic (exact) mass is 329 g/mol. The molecule has 0 aliphatic carbocycles. The molecular weight excluding hydrogens is 320 g/mol. The number of aliphatic hydroxyl groups is 1. The molecule has 0 aliphatic heterocycles. The van der Waals surface area contributed by atoms with Crippen LogP contribution in [0.3, 0.4) is 0 Å². The van der Waals surface area contributed by atoms with E-state index in [0.717, 1.165) is 18.2 Å². The molecule has 0 spiro atoms. The lowest BCUT2D eigenvalue weighted by molar-refractivity contribution is -0.385. The Balaban J connectivity index is 2.12. The van der Waals surface area contributed by atoms with E-state index in [-0.39, 0.29) is 28.6 Å². The largest absolute Gasteiger partial charge is 0.484 e. The molecule has 2 aromatic carbocycles. The maximum atomic E-state index is 13.1. The first-order valence-corrected chi connectivity index (χ1v) is 6.46. The van der Waals surface area contributed by atoms with Gasteiger partial charge in [-0.25, -0.2) is 8.78 Å². The summed E-state index contributed by atoms with van der Waals surface area (Å²) in [5, 5.41) is 20.9. The van der Waals surface area contributed by atoms with Crippen LogP contribution in [0.5, 0.6) is 5.75 Å². The number of nitrogens with zero attached hydrogens (tertiary/aromatic N) is 1. The topological polar surface area (TPSA) is 72.6 Å². The zero-order chi connectivity index (χ0) is 16.3. The van der Waals surface area contributed by atoms with Crippen molar-refractivity contribution in [2.45, 2.75) is 6.10 Å². The van der Waals surface area contributed by atoms with Gasteiger partial charge in [-0.15, -0.1) is 0 Å². The Morgan fingerprint density at radius 2 is 1.95 bits per heavy atom. The first-order valence-electron chi connectivity index (χ1n) is 6.08. The maximum absolute atomic E-state index is 13.1. The van der Waals surface area contributed by atoms with Gasteiger partial charge >= 0.3 is 5.69 Å². The molecule has 0 fully saturated rings. The van der Waals surface area contributed by atoms with E-state index in [1.807, 2.05) is 0 Å². The minimum Gasteiger partial charge on any atom is -0.484 e. The molecule has 0 amide bonds. The van der Waals surface area contributed by atoms with Crippen LogP contribution in [0.15, 0.2) is 36.4 Å². The van der Waals surface area contributed by atoms with E-state index in [0.29, 0.717) is 0 Å². The van der Waals surface area contributed by atoms with Gasteiger partial charge in [0, 0.05) is 11.1 Å². The molecule has 0 heterocycles. The van der Waals surface area contributed by atoms with Crippen molar-refractivity contribution in [3.8, 4) is 5.75 Å². The van der Waals surface area contributed by atoms with Crippen molar-refractivity contribution in [2.75, 3.05) is 6.61 Å². The van der Waals surface area contributed by atoms with E-state index >= 15 is 0 Å². The van der Waals surface area contributed by atoms with E-state index in [2.05, 4.69) is 0 Å². The fraction of sp³-hybridized carbons (Fsp3) is 0.143. The summed E-state index contributed by atoms with van der Waals surface area (Å²) in [4.78, 5) is 10.2. The Morgan fingerprint density at radius 1 is 1.23 bits per heavy atom. The van der Waals surface area contributed by atoms with Crippen molar-refractivity contribution in [3.63, 3.8) is 0 Å². The summed E-state index contributed by atoms with van der Waals surface area (Å²) in [6, 6.07) is 6.70. The predicted molar refractivity (Wildman–Crippen MR) is 74.9 cm³/mol. The third kappa shape index (κ3) is 3.69. The van der Waals surface area contributed by atoms with Crippen molar-refractivity contribution < 1.29 is 23.5 Å². The number of hydrogen-bond acceptors (Lipinski definition) is 4. The lowest BCUT2D eigenvalue weighted by atomic mass is 10.1. The van der Waals surface area contributed by atoms with Gasteiger partial charge in [-0.2, -0.15) is 0 Å². The zero-order valence-corrected chi connectivity index (χ0v) is 11.8. The Kier molecular flexibility index (Phi) is 4.89. The summed E-state index contributed by atoms with van der Waals surface area (Å²) < 4.78 is 31.1. The molecule has 5 nitrogen and oxygen atoms in total. The van der Waals surface area contributed by atoms with Crippen LogP contribution in [-0.2, 0) is 0 Å². The average Bonchev–Trinajstić information content (AvgIpc) is 2.48. The first kappa shape index (κ1) is 16.1. The van der Waals surface area contributed by atoms with Gasteiger partial charge in [-0.3, -0.25) is 10.1 Å². The summed E-state index contributed by atoms with van der Waals surface area (Å²) in [6.07, 6.45) is -1.27. The second-order valence-electron chi connectivity index (χ2n) is 4.37. The van der Waals surface area contributed by atoms with Gasteiger partial charge in [0.1, 0.15) is 12.7 Å². The van der Waals surface area contributed by atoms with Gasteiger partial charge in [0.05, 0.1) is 4.92 Å². The zero-order valence-electron chi connectivity index (χ0n) is 11.0. The van der Waals surface area contributed by atoms with E-state index in [1.54, 1.807) is 0 Å². The number of ether oxygens (including phenoxy) is 1. The SMILES string of the molecule is O=[N+]([O-])c1cc(Cl)ccc1OCC(O)c1ccc(F)c(F)c1. The quantitative estimate of drug-likeness (QED) is 0.671. The predicted octanol–water partition coefficient (Wildman–Crippen LogP) is 3.64. The number of nitro benzene ring substituents is 1. The molecule has 0 aromatic heterocycles. The lowest BCUT2D eigenvalue weighted by Gasteiger charge is -2.13. The van der Waals surface area contributed by atoms with E-state index in [4.69, 9.17) is 16.3 Å². The minimum absolute atomic E-state index is 0.0870. The van der Waals surface area contributed by atoms with Crippen LogP contribution in [0.25, 0.3) is 0 Å². The standard InChI is InChI=1S/C14H10ClF2NO4/c15-9-2-4-14(12(6-9)18(20)21)22-7-13(19)8-1-3-10(16)11(17)5-8/h1-6,13,19H,7H2. The Bertz CT molecular complexity index is 711. The fourth-order valence-corrected chi connectivity index (χ4v) is 1.91. The lowest BCUT2D eigenvalue weighted by Crippen LogP contribution is -2.11. The van der Waals surface area contributed by atoms with Gasteiger partial charge in [0.2, 0.25) is 0 Å². The van der Waals surface area contributed by atoms with Crippen LogP contribution in [0, 0.1) is 21.7 Å². The van der Waals surface area contributed by atoms with Gasteiger partial charge in [-0.1, -0.05) is 17.7 Å². The molecule has 0 aliphatic rings. The minimum atomic E-state index is -1.27. The summed E-state index contributed by atoms with van der Waals surface area (Å²) in [7, 11) is 0. The summed E-state index contributed by atoms with van der Waals surface area (Å²) >= 11 is 5.67. The van der Waals surface area contributed by atoms with Gasteiger partial charge in [-0.05, 0) is 29.8 Å². The normalized spacial score (nSPS) is 12.0. The van der Waals surface area contributed by atoms with Crippen LogP contribution in [0.2, 0.25) is 5.02 Å². The van der Waals surface area contributed by atoms with Crippen molar-refractivity contribution in [1.82, 2.24) is 0 Å². The molecule has 0 saturated heterocycles. The van der Waals surface area contributed by atoms with Gasteiger partial charge in [0.25, 0.3) is 0 Å². The number of nitro groups is 1. The van der Waals surface area contributed by atoms with Crippen molar-refractivity contribution in [3.05, 3.63) is 68.7 Å². The second kappa shape index (κ2) is 6.67. The van der Waals surface area contributed by atoms with Crippen LogP contribution in [0.1, 0.15) is 11.7 Å². The van der Waals surface area contributed by atoms with Crippen molar-refractivity contribution in [2.24, 2.45) is 0 Å². The van der Waals surface area contributed by atoms with Gasteiger partial charge in [0.15, 0.2) is 17.4 Å². The van der Waals surface area contributed by atoms with Gasteiger partial charge < -0.3 is 9.84 Å². The molecule has 1 unspecified atom stereocenters. The smallest absolute Gasteiger partial charge is 0.312 e. The molecule has 1 N–H and O–H groups in total. The highest BCUT2D eigenvalue weighted by atomic mass is 35.5. The molecule has 0 saturated carbocycles. The highest BCUT2D eigenvalue weighted by Gasteiger charge is 2.18. The average molecular weight is 330 g/mol. The third-order valence-corrected chi connectivity index (χ3v) is 3.08. The molecule has 2 aromatic rings. The number of halogens is 3. The molecular formula is C14H10ClF2NO4.